The van der Waals surface area contributed by atoms with E-state index in [-0.39, 0.29) is 17.7 Å². The standard InChI is InChI=1S/C18H20ClNO/c1-3-17(21)13(2)18(14-8-5-4-6-9-14)20-16-11-7-10-15(19)12-16/h4-13,18,20H,3H2,1-2H3/t13-,18+/m0/s1. The van der Waals surface area contributed by atoms with Crippen LogP contribution in [0, 0.1) is 5.92 Å². The molecule has 0 aliphatic carbocycles. The molecule has 2 aromatic carbocycles. The average Bonchev–Trinajstić information content (AvgIpc) is 2.52. The fraction of sp³-hybridized carbons (Fsp3) is 0.278. The average molecular weight is 302 g/mol. The number of hydrogen-bond acceptors (Lipinski definition) is 2. The molecule has 0 heterocycles. The van der Waals surface area contributed by atoms with Crippen molar-refractivity contribution in [2.24, 2.45) is 5.92 Å². The van der Waals surface area contributed by atoms with E-state index >= 15 is 0 Å². The highest BCUT2D eigenvalue weighted by atomic mass is 35.5. The number of halogens is 1. The summed E-state index contributed by atoms with van der Waals surface area (Å²) in [5.74, 6) is 0.148. The molecule has 0 aromatic heterocycles. The zero-order valence-electron chi connectivity index (χ0n) is 12.3. The van der Waals surface area contributed by atoms with Gasteiger partial charge >= 0.3 is 0 Å². The predicted molar refractivity (Wildman–Crippen MR) is 88.7 cm³/mol. The number of nitrogens with one attached hydrogen (secondary N) is 1. The lowest BCUT2D eigenvalue weighted by Crippen LogP contribution is -2.25. The Hall–Kier alpha value is -1.80. The van der Waals surface area contributed by atoms with Crippen molar-refractivity contribution >= 4 is 23.1 Å². The van der Waals surface area contributed by atoms with Crippen LogP contribution in [0.1, 0.15) is 31.9 Å². The van der Waals surface area contributed by atoms with E-state index in [0.29, 0.717) is 11.4 Å². The highest BCUT2D eigenvalue weighted by Gasteiger charge is 2.24. The lowest BCUT2D eigenvalue weighted by molar-refractivity contribution is -0.122. The Balaban J connectivity index is 2.30. The smallest absolute Gasteiger partial charge is 0.137 e. The second-order valence-corrected chi connectivity index (χ2v) is 5.59. The Bertz CT molecular complexity index is 597. The minimum atomic E-state index is -0.101. The van der Waals surface area contributed by atoms with Gasteiger partial charge < -0.3 is 5.32 Å². The van der Waals surface area contributed by atoms with Gasteiger partial charge in [0.05, 0.1) is 6.04 Å². The minimum Gasteiger partial charge on any atom is -0.377 e. The summed E-state index contributed by atoms with van der Waals surface area (Å²) >= 11 is 6.04. The van der Waals surface area contributed by atoms with Gasteiger partial charge in [0.2, 0.25) is 0 Å². The minimum absolute atomic E-state index is 0.0582. The molecule has 2 rings (SSSR count). The molecule has 3 heteroatoms. The number of Topliss-reactive ketones (excluding diaryl/α,β-unsaturated/α-hetero) is 1. The summed E-state index contributed by atoms with van der Waals surface area (Å²) in [7, 11) is 0. The zero-order valence-corrected chi connectivity index (χ0v) is 13.1. The van der Waals surface area contributed by atoms with Crippen LogP contribution in [0.2, 0.25) is 5.02 Å². The predicted octanol–water partition coefficient (Wildman–Crippen LogP) is 5.11. The molecule has 0 unspecified atom stereocenters. The monoisotopic (exact) mass is 301 g/mol. The Morgan fingerprint density at radius 3 is 2.48 bits per heavy atom. The van der Waals surface area contributed by atoms with Gasteiger partial charge in [0.1, 0.15) is 5.78 Å². The molecule has 0 spiro atoms. The Morgan fingerprint density at radius 1 is 1.14 bits per heavy atom. The SMILES string of the molecule is CCC(=O)[C@H](C)[C@@H](Nc1cccc(Cl)c1)c1ccccc1. The van der Waals surface area contributed by atoms with E-state index in [1.807, 2.05) is 68.4 Å². The van der Waals surface area contributed by atoms with Crippen LogP contribution in [0.15, 0.2) is 54.6 Å². The molecule has 110 valence electrons. The molecule has 0 aliphatic heterocycles. The van der Waals surface area contributed by atoms with Crippen LogP contribution in [-0.2, 0) is 4.79 Å². The first-order chi connectivity index (χ1) is 10.1. The number of benzene rings is 2. The molecule has 0 saturated heterocycles. The first kappa shape index (κ1) is 15.6. The number of hydrogen-bond donors (Lipinski definition) is 1. The van der Waals surface area contributed by atoms with Gasteiger partial charge in [0.15, 0.2) is 0 Å². The first-order valence-corrected chi connectivity index (χ1v) is 7.59. The molecule has 0 amide bonds. The topological polar surface area (TPSA) is 29.1 Å². The molecule has 2 atom stereocenters. The van der Waals surface area contributed by atoms with Gasteiger partial charge in [-0.3, -0.25) is 4.79 Å². The Labute approximate surface area is 131 Å². The zero-order chi connectivity index (χ0) is 15.2. The molecule has 2 aromatic rings. The molecule has 21 heavy (non-hydrogen) atoms. The summed E-state index contributed by atoms with van der Waals surface area (Å²) in [5, 5.41) is 4.13. The van der Waals surface area contributed by atoms with E-state index in [1.165, 1.54) is 0 Å². The van der Waals surface area contributed by atoms with Gasteiger partial charge in [-0.25, -0.2) is 0 Å². The van der Waals surface area contributed by atoms with Crippen molar-refractivity contribution in [3.8, 4) is 0 Å². The van der Waals surface area contributed by atoms with Crippen LogP contribution in [0.5, 0.6) is 0 Å². The summed E-state index contributed by atoms with van der Waals surface area (Å²) in [6.45, 7) is 3.88. The van der Waals surface area contributed by atoms with E-state index in [0.717, 1.165) is 11.3 Å². The van der Waals surface area contributed by atoms with Gasteiger partial charge in [-0.15, -0.1) is 0 Å². The largest absolute Gasteiger partial charge is 0.377 e. The normalized spacial score (nSPS) is 13.5. The van der Waals surface area contributed by atoms with Crippen molar-refractivity contribution in [3.63, 3.8) is 0 Å². The van der Waals surface area contributed by atoms with Crippen LogP contribution in [0.3, 0.4) is 0 Å². The lowest BCUT2D eigenvalue weighted by atomic mass is 9.90. The number of ketones is 1. The second kappa shape index (κ2) is 7.28. The summed E-state index contributed by atoms with van der Waals surface area (Å²) in [6.07, 6.45) is 0.543. The molecule has 2 nitrogen and oxygen atoms in total. The van der Waals surface area contributed by atoms with Gasteiger partial charge in [-0.1, -0.05) is 61.8 Å². The third-order valence-corrected chi connectivity index (χ3v) is 3.90. The summed E-state index contributed by atoms with van der Waals surface area (Å²) in [4.78, 5) is 12.1. The van der Waals surface area contributed by atoms with Crippen LogP contribution in [0.25, 0.3) is 0 Å². The van der Waals surface area contributed by atoms with Crippen LogP contribution < -0.4 is 5.32 Å². The van der Waals surface area contributed by atoms with E-state index in [2.05, 4.69) is 5.32 Å². The van der Waals surface area contributed by atoms with Crippen molar-refractivity contribution in [3.05, 3.63) is 65.2 Å². The molecular formula is C18H20ClNO. The Kier molecular flexibility index (Phi) is 5.40. The number of anilines is 1. The third-order valence-electron chi connectivity index (χ3n) is 3.66. The van der Waals surface area contributed by atoms with Crippen molar-refractivity contribution in [2.75, 3.05) is 5.32 Å². The van der Waals surface area contributed by atoms with Gasteiger partial charge in [0, 0.05) is 23.0 Å². The van der Waals surface area contributed by atoms with Crippen LogP contribution >= 0.6 is 11.6 Å². The molecule has 0 bridgehead atoms. The molecule has 0 saturated carbocycles. The van der Waals surface area contributed by atoms with E-state index in [9.17, 15) is 4.79 Å². The molecule has 1 N–H and O–H groups in total. The first-order valence-electron chi connectivity index (χ1n) is 7.21. The van der Waals surface area contributed by atoms with Gasteiger partial charge in [0.25, 0.3) is 0 Å². The maximum atomic E-state index is 12.1. The van der Waals surface area contributed by atoms with Crippen molar-refractivity contribution < 1.29 is 4.79 Å². The van der Waals surface area contributed by atoms with E-state index < -0.39 is 0 Å². The van der Waals surface area contributed by atoms with Crippen molar-refractivity contribution in [1.82, 2.24) is 0 Å². The summed E-state index contributed by atoms with van der Waals surface area (Å²) < 4.78 is 0. The number of carbonyl (C=O) groups excluding carboxylic acids is 1. The molecular weight excluding hydrogens is 282 g/mol. The Morgan fingerprint density at radius 2 is 1.86 bits per heavy atom. The van der Waals surface area contributed by atoms with Crippen LogP contribution in [0.4, 0.5) is 5.69 Å². The third kappa shape index (κ3) is 4.08. The van der Waals surface area contributed by atoms with E-state index in [1.54, 1.807) is 0 Å². The second-order valence-electron chi connectivity index (χ2n) is 5.15. The fourth-order valence-electron chi connectivity index (χ4n) is 2.42. The van der Waals surface area contributed by atoms with Crippen LogP contribution in [-0.4, -0.2) is 5.78 Å². The summed E-state index contributed by atoms with van der Waals surface area (Å²) in [5.41, 5.74) is 2.03. The number of rotatable bonds is 6. The van der Waals surface area contributed by atoms with Gasteiger partial charge in [-0.2, -0.15) is 0 Å². The highest BCUT2D eigenvalue weighted by Crippen LogP contribution is 2.29. The van der Waals surface area contributed by atoms with Gasteiger partial charge in [-0.05, 0) is 23.8 Å². The van der Waals surface area contributed by atoms with Crippen molar-refractivity contribution in [2.45, 2.75) is 26.3 Å². The maximum absolute atomic E-state index is 12.1. The quantitative estimate of drug-likeness (QED) is 0.803. The maximum Gasteiger partial charge on any atom is 0.137 e. The molecule has 0 radical (unpaired) electrons. The molecule has 0 aliphatic rings. The summed E-state index contributed by atoms with van der Waals surface area (Å²) in [6, 6.07) is 17.6. The molecule has 0 fully saturated rings. The number of carbonyl (C=O) groups is 1. The lowest BCUT2D eigenvalue weighted by Gasteiger charge is -2.26. The van der Waals surface area contributed by atoms with Crippen molar-refractivity contribution in [1.29, 1.82) is 0 Å². The highest BCUT2D eigenvalue weighted by molar-refractivity contribution is 6.30. The fourth-order valence-corrected chi connectivity index (χ4v) is 2.61. The van der Waals surface area contributed by atoms with E-state index in [4.69, 9.17) is 11.6 Å².